The van der Waals surface area contributed by atoms with Crippen LogP contribution in [0.25, 0.3) is 22.0 Å². The maximum Gasteiger partial charge on any atom is 0.416 e. The first-order chi connectivity index (χ1) is 37.1. The van der Waals surface area contributed by atoms with Crippen molar-refractivity contribution in [3.8, 4) is 11.3 Å². The number of alkyl halides is 24. The number of hydrogen-bond acceptors (Lipinski definition) is 0. The Morgan fingerprint density at radius 2 is 0.605 bits per heavy atom. The van der Waals surface area contributed by atoms with Crippen LogP contribution in [-0.2, 0) is 56.0 Å². The van der Waals surface area contributed by atoms with Gasteiger partial charge in [0.15, 0.2) is 12.7 Å². The number of pyridine rings is 1. The van der Waals surface area contributed by atoms with Crippen molar-refractivity contribution in [2.45, 2.75) is 56.0 Å². The second-order valence-corrected chi connectivity index (χ2v) is 19.0. The SMILES string of the molecule is Brc1ccc(-c2c3ccccc3cc[n+]2Cc2ccccc2)cc1.FC(F)(F)c1cc([B-](c2cc(C(F)(F)F)cc(C(F)(F)F)c2)(c2cc(C(F)(F)F)cc(C(F)(F)F)c2)c2cc(C(F)(F)F)cc(C(F)(F)F)c2)cc(C(F)(F)F)c1. The first-order valence-electron chi connectivity index (χ1n) is 22.6. The Labute approximate surface area is 449 Å². The van der Waals surface area contributed by atoms with Gasteiger partial charge in [-0.15, -0.1) is 0 Å². The quantitative estimate of drug-likeness (QED) is 0.0851. The van der Waals surface area contributed by atoms with Crippen LogP contribution in [-0.4, -0.2) is 6.15 Å². The lowest BCUT2D eigenvalue weighted by atomic mass is 9.12. The Hall–Kier alpha value is -7.19. The van der Waals surface area contributed by atoms with E-state index >= 15 is 0 Å². The number of rotatable bonds is 7. The van der Waals surface area contributed by atoms with Crippen molar-refractivity contribution in [2.75, 3.05) is 0 Å². The summed E-state index contributed by atoms with van der Waals surface area (Å²) in [6, 6.07) is 21.1. The molecule has 0 atom stereocenters. The molecule has 0 spiro atoms. The van der Waals surface area contributed by atoms with E-state index in [-0.39, 0.29) is 0 Å². The topological polar surface area (TPSA) is 3.88 Å². The summed E-state index contributed by atoms with van der Waals surface area (Å²) in [6.45, 7) is 0.858. The van der Waals surface area contributed by atoms with E-state index in [1.807, 2.05) is 0 Å². The summed E-state index contributed by atoms with van der Waals surface area (Å²) in [6.07, 6.45) is -52.6. The Bertz CT molecular complexity index is 3130. The van der Waals surface area contributed by atoms with Gasteiger partial charge in [-0.05, 0) is 60.0 Å². The first kappa shape index (κ1) is 61.4. The van der Waals surface area contributed by atoms with E-state index in [1.165, 1.54) is 27.6 Å². The molecule has 27 heteroatoms. The zero-order chi connectivity index (χ0) is 60.3. The third kappa shape index (κ3) is 13.8. The van der Waals surface area contributed by atoms with Gasteiger partial charge < -0.3 is 0 Å². The molecule has 0 unspecified atom stereocenters. The van der Waals surface area contributed by atoms with Crippen molar-refractivity contribution in [1.29, 1.82) is 0 Å². The molecule has 0 aliphatic rings. The molecule has 0 amide bonds. The van der Waals surface area contributed by atoms with Gasteiger partial charge in [0, 0.05) is 21.7 Å². The van der Waals surface area contributed by atoms with Crippen LogP contribution < -0.4 is 26.4 Å². The lowest BCUT2D eigenvalue weighted by Gasteiger charge is -2.46. The Balaban J connectivity index is 0.000000323. The van der Waals surface area contributed by atoms with Gasteiger partial charge in [0.05, 0.1) is 49.9 Å². The molecule has 0 bridgehead atoms. The summed E-state index contributed by atoms with van der Waals surface area (Å²) < 4.78 is 344. The van der Waals surface area contributed by atoms with E-state index in [2.05, 4.69) is 112 Å². The number of halogens is 25. The van der Waals surface area contributed by atoms with Crippen molar-refractivity contribution in [1.82, 2.24) is 0 Å². The van der Waals surface area contributed by atoms with E-state index in [0.29, 0.717) is 0 Å². The highest BCUT2D eigenvalue weighted by Crippen LogP contribution is 2.42. The second kappa shape index (κ2) is 21.6. The highest BCUT2D eigenvalue weighted by molar-refractivity contribution is 9.10. The second-order valence-electron chi connectivity index (χ2n) is 18.1. The molecule has 0 fully saturated rings. The van der Waals surface area contributed by atoms with Crippen molar-refractivity contribution >= 4 is 54.7 Å². The Kier molecular flexibility index (Phi) is 16.4. The number of hydrogen-bond donors (Lipinski definition) is 0. The van der Waals surface area contributed by atoms with Crippen molar-refractivity contribution in [3.63, 3.8) is 0 Å². The first-order valence-corrected chi connectivity index (χ1v) is 23.4. The molecule has 0 saturated heterocycles. The van der Waals surface area contributed by atoms with Crippen LogP contribution in [0.1, 0.15) is 50.1 Å². The fourth-order valence-electron chi connectivity index (χ4n) is 9.17. The summed E-state index contributed by atoms with van der Waals surface area (Å²) in [7, 11) is 0. The standard InChI is InChI=1S/C32H12BF24.C22H17BrN/c34-25(35,36)13-1-14(26(37,38)39)6-21(5-13)33(22-7-15(27(40,41)42)2-16(8-22)28(43,44)45,23-9-17(29(46,47)48)3-18(10-23)30(49,50)51)24-11-19(31(52,53)54)4-20(12-24)32(55,56)57;23-20-12-10-19(11-13-20)22-21-9-5-4-8-18(21)14-15-24(22)16-17-6-2-1-3-7-17/h1-12H;1-15H,16H2/q-1;+1. The fraction of sp³-hybridized carbons (Fsp3) is 0.167. The maximum atomic E-state index is 14.2. The van der Waals surface area contributed by atoms with E-state index in [4.69, 9.17) is 0 Å². The molecule has 8 aromatic rings. The highest BCUT2D eigenvalue weighted by atomic mass is 79.9. The predicted molar refractivity (Wildman–Crippen MR) is 253 cm³/mol. The molecule has 0 saturated carbocycles. The summed E-state index contributed by atoms with van der Waals surface area (Å²) in [5, 5.41) is 2.54. The minimum absolute atomic E-state index is 0.691. The molecule has 1 heterocycles. The molecule has 428 valence electrons. The van der Waals surface area contributed by atoms with Gasteiger partial charge >= 0.3 is 49.4 Å². The predicted octanol–water partition coefficient (Wildman–Crippen LogP) is 16.8. The molecule has 1 nitrogen and oxygen atoms in total. The van der Waals surface area contributed by atoms with Crippen LogP contribution in [0, 0.1) is 0 Å². The van der Waals surface area contributed by atoms with Crippen LogP contribution in [0.3, 0.4) is 0 Å². The smallest absolute Gasteiger partial charge is 0.194 e. The van der Waals surface area contributed by atoms with Gasteiger partial charge in [-0.25, -0.2) is 0 Å². The van der Waals surface area contributed by atoms with Crippen LogP contribution >= 0.6 is 15.9 Å². The fourth-order valence-corrected chi connectivity index (χ4v) is 9.43. The summed E-state index contributed by atoms with van der Waals surface area (Å²) in [5.74, 6) is 0. The van der Waals surface area contributed by atoms with Crippen LogP contribution in [0.2, 0.25) is 0 Å². The largest absolute Gasteiger partial charge is 0.416 e. The van der Waals surface area contributed by atoms with Crippen molar-refractivity contribution < 1.29 is 110 Å². The van der Waals surface area contributed by atoms with Gasteiger partial charge in [0.2, 0.25) is 5.69 Å². The van der Waals surface area contributed by atoms with Crippen molar-refractivity contribution in [3.05, 3.63) is 218 Å². The summed E-state index contributed by atoms with van der Waals surface area (Å²) in [5.41, 5.74) is -26.4. The molecule has 1 aromatic heterocycles. The monoisotopic (exact) mass is 1240 g/mol. The van der Waals surface area contributed by atoms with Gasteiger partial charge in [0.25, 0.3) is 0 Å². The van der Waals surface area contributed by atoms with Gasteiger partial charge in [-0.3, -0.25) is 0 Å². The number of benzene rings is 7. The lowest BCUT2D eigenvalue weighted by molar-refractivity contribution is -0.676. The van der Waals surface area contributed by atoms with Crippen LogP contribution in [0.15, 0.2) is 168 Å². The minimum atomic E-state index is -6.13. The normalized spacial score (nSPS) is 13.3. The molecule has 0 aliphatic carbocycles. The van der Waals surface area contributed by atoms with E-state index in [9.17, 15) is 105 Å². The molecular formula is C54H29BBrF24N. The van der Waals surface area contributed by atoms with Crippen LogP contribution in [0.5, 0.6) is 0 Å². The summed E-state index contributed by atoms with van der Waals surface area (Å²) >= 11 is 3.53. The molecule has 0 radical (unpaired) electrons. The number of fused-ring (bicyclic) bond motifs is 1. The third-order valence-corrected chi connectivity index (χ3v) is 13.2. The average Bonchev–Trinajstić information content (AvgIpc) is 3.17. The lowest BCUT2D eigenvalue weighted by Crippen LogP contribution is -2.75. The van der Waals surface area contributed by atoms with Crippen LogP contribution in [0.4, 0.5) is 105 Å². The maximum absolute atomic E-state index is 14.2. The van der Waals surface area contributed by atoms with Gasteiger partial charge in [-0.1, -0.05) is 113 Å². The Morgan fingerprint density at radius 1 is 0.321 bits per heavy atom. The zero-order valence-corrected chi connectivity index (χ0v) is 41.4. The molecule has 8 rings (SSSR count). The molecule has 0 aliphatic heterocycles. The zero-order valence-electron chi connectivity index (χ0n) is 39.8. The minimum Gasteiger partial charge on any atom is -0.194 e. The van der Waals surface area contributed by atoms with E-state index in [0.717, 1.165) is 11.0 Å². The summed E-state index contributed by atoms with van der Waals surface area (Å²) in [4.78, 5) is 0. The number of aromatic nitrogens is 1. The van der Waals surface area contributed by atoms with E-state index in [1.54, 1.807) is 0 Å². The Morgan fingerprint density at radius 3 is 0.901 bits per heavy atom. The third-order valence-electron chi connectivity index (χ3n) is 12.7. The molecular weight excluding hydrogens is 1210 g/mol. The number of nitrogens with zero attached hydrogens (tertiary/aromatic N) is 1. The molecule has 7 aromatic carbocycles. The molecule has 0 N–H and O–H groups in total. The van der Waals surface area contributed by atoms with Gasteiger partial charge in [0.1, 0.15) is 6.15 Å². The highest BCUT2D eigenvalue weighted by Gasteiger charge is 2.47. The molecule has 81 heavy (non-hydrogen) atoms. The van der Waals surface area contributed by atoms with Crippen molar-refractivity contribution in [2.24, 2.45) is 0 Å². The van der Waals surface area contributed by atoms with E-state index < -0.39 is 195 Å². The van der Waals surface area contributed by atoms with Gasteiger partial charge in [-0.2, -0.15) is 132 Å². The average molecular weight is 1240 g/mol.